The van der Waals surface area contributed by atoms with E-state index in [0.29, 0.717) is 5.56 Å². The van der Waals surface area contributed by atoms with Crippen molar-refractivity contribution in [1.82, 2.24) is 15.6 Å². The Balaban J connectivity index is 1.77. The molecule has 1 aromatic heterocycles. The van der Waals surface area contributed by atoms with Crippen LogP contribution in [0.3, 0.4) is 0 Å². The normalized spacial score (nSPS) is 11.6. The lowest BCUT2D eigenvalue weighted by atomic mass is 10.0. The quantitative estimate of drug-likeness (QED) is 0.704. The summed E-state index contributed by atoms with van der Waals surface area (Å²) in [6.07, 6.45) is 2.48. The molecule has 0 bridgehead atoms. The van der Waals surface area contributed by atoms with E-state index in [1.54, 1.807) is 6.07 Å². The van der Waals surface area contributed by atoms with E-state index in [0.717, 1.165) is 16.7 Å². The van der Waals surface area contributed by atoms with Crippen LogP contribution in [0, 0.1) is 13.8 Å². The van der Waals surface area contributed by atoms with Crippen LogP contribution in [0.5, 0.6) is 0 Å². The van der Waals surface area contributed by atoms with Gasteiger partial charge in [-0.05, 0) is 36.6 Å². The van der Waals surface area contributed by atoms with E-state index in [9.17, 15) is 9.59 Å². The van der Waals surface area contributed by atoms with Crippen molar-refractivity contribution < 1.29 is 14.0 Å². The van der Waals surface area contributed by atoms with Crippen LogP contribution < -0.4 is 10.6 Å². The van der Waals surface area contributed by atoms with Crippen LogP contribution in [0.2, 0.25) is 0 Å². The molecule has 2 amide bonds. The number of oxazole rings is 1. The summed E-state index contributed by atoms with van der Waals surface area (Å²) in [4.78, 5) is 28.8. The standard InChI is InChI=1S/C21H21N3O3/c1-14-7-6-10-17(15(14)2)20(25)24-18(16-8-4-3-5-9-16)11-22-21(26)19-12-27-13-23-19/h3-10,12-13,18H,11H2,1-2H3,(H,22,26)(H,24,25)/t18-/m1/s1. The number of amides is 2. The molecule has 138 valence electrons. The maximum absolute atomic E-state index is 12.8. The second kappa shape index (κ2) is 8.31. The van der Waals surface area contributed by atoms with Gasteiger partial charge in [-0.15, -0.1) is 0 Å². The van der Waals surface area contributed by atoms with Crippen molar-refractivity contribution in [3.05, 3.63) is 89.1 Å². The van der Waals surface area contributed by atoms with Crippen LogP contribution in [0.1, 0.15) is 43.6 Å². The minimum Gasteiger partial charge on any atom is -0.451 e. The van der Waals surface area contributed by atoms with Gasteiger partial charge < -0.3 is 15.1 Å². The van der Waals surface area contributed by atoms with Gasteiger partial charge in [0.15, 0.2) is 12.1 Å². The number of carbonyl (C=O) groups excluding carboxylic acids is 2. The summed E-state index contributed by atoms with van der Waals surface area (Å²) < 4.78 is 4.83. The summed E-state index contributed by atoms with van der Waals surface area (Å²) in [6, 6.07) is 14.8. The van der Waals surface area contributed by atoms with Crippen molar-refractivity contribution in [1.29, 1.82) is 0 Å². The zero-order valence-corrected chi connectivity index (χ0v) is 15.2. The van der Waals surface area contributed by atoms with Crippen LogP contribution in [0.15, 0.2) is 65.6 Å². The zero-order valence-electron chi connectivity index (χ0n) is 15.2. The molecule has 0 saturated carbocycles. The van der Waals surface area contributed by atoms with Crippen molar-refractivity contribution >= 4 is 11.8 Å². The number of rotatable bonds is 6. The van der Waals surface area contributed by atoms with Crippen LogP contribution in [0.4, 0.5) is 0 Å². The van der Waals surface area contributed by atoms with Gasteiger partial charge >= 0.3 is 0 Å². The minimum atomic E-state index is -0.380. The van der Waals surface area contributed by atoms with Gasteiger partial charge in [-0.25, -0.2) is 4.98 Å². The third-order valence-corrected chi connectivity index (χ3v) is 4.49. The van der Waals surface area contributed by atoms with Crippen LogP contribution in [-0.4, -0.2) is 23.3 Å². The van der Waals surface area contributed by atoms with Crippen molar-refractivity contribution in [2.75, 3.05) is 6.54 Å². The lowest BCUT2D eigenvalue weighted by molar-refractivity contribution is 0.0906. The molecule has 0 radical (unpaired) electrons. The minimum absolute atomic E-state index is 0.180. The Bertz CT molecular complexity index is 921. The summed E-state index contributed by atoms with van der Waals surface area (Å²) in [6.45, 7) is 4.12. The number of hydrogen-bond donors (Lipinski definition) is 2. The summed E-state index contributed by atoms with van der Waals surface area (Å²) in [7, 11) is 0. The van der Waals surface area contributed by atoms with Crippen molar-refractivity contribution in [3.63, 3.8) is 0 Å². The van der Waals surface area contributed by atoms with Crippen molar-refractivity contribution in [2.24, 2.45) is 0 Å². The number of aromatic nitrogens is 1. The average molecular weight is 363 g/mol. The maximum Gasteiger partial charge on any atom is 0.273 e. The molecule has 27 heavy (non-hydrogen) atoms. The SMILES string of the molecule is Cc1cccc(C(=O)N[C@H](CNC(=O)c2cocn2)c2ccccc2)c1C. The van der Waals surface area contributed by atoms with E-state index in [1.807, 2.05) is 56.3 Å². The third-order valence-electron chi connectivity index (χ3n) is 4.49. The van der Waals surface area contributed by atoms with Gasteiger partial charge in [-0.3, -0.25) is 9.59 Å². The van der Waals surface area contributed by atoms with E-state index in [1.165, 1.54) is 12.7 Å². The highest BCUT2D eigenvalue weighted by Gasteiger charge is 2.19. The van der Waals surface area contributed by atoms with Gasteiger partial charge in [-0.2, -0.15) is 0 Å². The van der Waals surface area contributed by atoms with Gasteiger partial charge in [-0.1, -0.05) is 42.5 Å². The molecule has 0 fully saturated rings. The number of hydrogen-bond acceptors (Lipinski definition) is 4. The number of benzene rings is 2. The highest BCUT2D eigenvalue weighted by molar-refractivity contribution is 5.96. The summed E-state index contributed by atoms with van der Waals surface area (Å²) >= 11 is 0. The van der Waals surface area contributed by atoms with Crippen LogP contribution in [0.25, 0.3) is 0 Å². The molecule has 0 aliphatic rings. The Kier molecular flexibility index (Phi) is 5.66. The predicted octanol–water partition coefficient (Wildman–Crippen LogP) is 3.19. The van der Waals surface area contributed by atoms with Crippen molar-refractivity contribution in [2.45, 2.75) is 19.9 Å². The highest BCUT2D eigenvalue weighted by atomic mass is 16.3. The zero-order chi connectivity index (χ0) is 19.2. The molecule has 0 spiro atoms. The summed E-state index contributed by atoms with van der Waals surface area (Å²) in [5.41, 5.74) is 3.71. The number of aryl methyl sites for hydroxylation is 1. The van der Waals surface area contributed by atoms with Gasteiger partial charge in [0.25, 0.3) is 11.8 Å². The number of nitrogens with one attached hydrogen (secondary N) is 2. The van der Waals surface area contributed by atoms with E-state index in [4.69, 9.17) is 4.42 Å². The summed E-state index contributed by atoms with van der Waals surface area (Å²) in [5, 5.41) is 5.81. The highest BCUT2D eigenvalue weighted by Crippen LogP contribution is 2.16. The van der Waals surface area contributed by atoms with E-state index in [-0.39, 0.29) is 30.1 Å². The van der Waals surface area contributed by atoms with E-state index in [2.05, 4.69) is 15.6 Å². The maximum atomic E-state index is 12.8. The molecule has 2 N–H and O–H groups in total. The second-order valence-electron chi connectivity index (χ2n) is 6.27. The molecule has 2 aromatic carbocycles. The number of nitrogens with zero attached hydrogens (tertiary/aromatic N) is 1. The molecule has 6 heteroatoms. The largest absolute Gasteiger partial charge is 0.451 e. The second-order valence-corrected chi connectivity index (χ2v) is 6.27. The van der Waals surface area contributed by atoms with E-state index < -0.39 is 0 Å². The van der Waals surface area contributed by atoms with Gasteiger partial charge in [0, 0.05) is 12.1 Å². The fraction of sp³-hybridized carbons (Fsp3) is 0.190. The average Bonchev–Trinajstić information content (AvgIpc) is 3.22. The monoisotopic (exact) mass is 363 g/mol. The van der Waals surface area contributed by atoms with Crippen LogP contribution >= 0.6 is 0 Å². The fourth-order valence-corrected chi connectivity index (χ4v) is 2.78. The Labute approximate surface area is 157 Å². The summed E-state index contributed by atoms with van der Waals surface area (Å²) in [5.74, 6) is -0.536. The van der Waals surface area contributed by atoms with Crippen molar-refractivity contribution in [3.8, 4) is 0 Å². The molecular formula is C21H21N3O3. The first-order valence-electron chi connectivity index (χ1n) is 8.64. The molecule has 6 nitrogen and oxygen atoms in total. The Morgan fingerprint density at radius 2 is 1.81 bits per heavy atom. The third kappa shape index (κ3) is 4.41. The lowest BCUT2D eigenvalue weighted by Crippen LogP contribution is -2.38. The smallest absolute Gasteiger partial charge is 0.273 e. The Morgan fingerprint density at radius 3 is 2.52 bits per heavy atom. The molecule has 0 aliphatic carbocycles. The molecule has 3 rings (SSSR count). The predicted molar refractivity (Wildman–Crippen MR) is 101 cm³/mol. The lowest BCUT2D eigenvalue weighted by Gasteiger charge is -2.20. The fourth-order valence-electron chi connectivity index (χ4n) is 2.78. The molecule has 1 atom stereocenters. The van der Waals surface area contributed by atoms with E-state index >= 15 is 0 Å². The number of carbonyl (C=O) groups is 2. The first kappa shape index (κ1) is 18.4. The van der Waals surface area contributed by atoms with Gasteiger partial charge in [0.2, 0.25) is 0 Å². The van der Waals surface area contributed by atoms with Gasteiger partial charge in [0.05, 0.1) is 6.04 Å². The first-order chi connectivity index (χ1) is 13.1. The molecule has 0 unspecified atom stereocenters. The first-order valence-corrected chi connectivity index (χ1v) is 8.64. The molecular weight excluding hydrogens is 342 g/mol. The molecule has 1 heterocycles. The van der Waals surface area contributed by atoms with Crippen LogP contribution in [-0.2, 0) is 0 Å². The van der Waals surface area contributed by atoms with Gasteiger partial charge in [0.1, 0.15) is 6.26 Å². The Hall–Kier alpha value is -3.41. The molecule has 0 saturated heterocycles. The Morgan fingerprint density at radius 1 is 1.04 bits per heavy atom. The molecule has 3 aromatic rings. The topological polar surface area (TPSA) is 84.2 Å². The molecule has 0 aliphatic heterocycles.